The molecule has 0 saturated carbocycles. The molecule has 7 nitrogen and oxygen atoms in total. The van der Waals surface area contributed by atoms with Crippen LogP contribution < -0.4 is 15.9 Å². The van der Waals surface area contributed by atoms with Crippen LogP contribution in [0.1, 0.15) is 26.2 Å². The molecule has 3 heterocycles. The average molecular weight is 276 g/mol. The van der Waals surface area contributed by atoms with Crippen molar-refractivity contribution in [2.24, 2.45) is 0 Å². The SMILES string of the molecule is CNC(C)C1CCCCN1c1cc2n[nH]c(=O)n2cn1. The summed E-state index contributed by atoms with van der Waals surface area (Å²) in [5.74, 6) is 0.892. The van der Waals surface area contributed by atoms with Crippen molar-refractivity contribution in [1.29, 1.82) is 0 Å². The Labute approximate surface area is 117 Å². The van der Waals surface area contributed by atoms with Gasteiger partial charge in [-0.05, 0) is 33.2 Å². The maximum absolute atomic E-state index is 11.5. The molecule has 2 aromatic heterocycles. The number of H-pyrrole nitrogens is 1. The van der Waals surface area contributed by atoms with Gasteiger partial charge in [-0.25, -0.2) is 19.3 Å². The minimum absolute atomic E-state index is 0.252. The van der Waals surface area contributed by atoms with Gasteiger partial charge in [0.1, 0.15) is 12.1 Å². The lowest BCUT2D eigenvalue weighted by atomic mass is 9.96. The van der Waals surface area contributed by atoms with Crippen LogP contribution in [0.4, 0.5) is 5.82 Å². The smallest absolute Gasteiger partial charge is 0.348 e. The zero-order chi connectivity index (χ0) is 14.1. The summed E-state index contributed by atoms with van der Waals surface area (Å²) < 4.78 is 1.42. The van der Waals surface area contributed by atoms with Crippen molar-refractivity contribution in [3.05, 3.63) is 22.9 Å². The van der Waals surface area contributed by atoms with Crippen LogP contribution in [0.5, 0.6) is 0 Å². The van der Waals surface area contributed by atoms with Crippen LogP contribution in [-0.4, -0.2) is 45.3 Å². The molecule has 108 valence electrons. The zero-order valence-electron chi connectivity index (χ0n) is 11.8. The van der Waals surface area contributed by atoms with Gasteiger partial charge in [-0.1, -0.05) is 0 Å². The van der Waals surface area contributed by atoms with E-state index in [9.17, 15) is 4.79 Å². The molecule has 2 aromatic rings. The number of aromatic nitrogens is 4. The molecule has 0 spiro atoms. The highest BCUT2D eigenvalue weighted by Crippen LogP contribution is 2.25. The van der Waals surface area contributed by atoms with Gasteiger partial charge in [0.05, 0.1) is 0 Å². The number of rotatable bonds is 3. The van der Waals surface area contributed by atoms with Crippen LogP contribution in [0.15, 0.2) is 17.2 Å². The third kappa shape index (κ3) is 2.18. The average Bonchev–Trinajstić information content (AvgIpc) is 2.87. The number of nitrogens with one attached hydrogen (secondary N) is 2. The largest absolute Gasteiger partial charge is 0.352 e. The molecule has 2 atom stereocenters. The highest BCUT2D eigenvalue weighted by atomic mass is 16.1. The number of nitrogens with zero attached hydrogens (tertiary/aromatic N) is 4. The second-order valence-electron chi connectivity index (χ2n) is 5.34. The highest BCUT2D eigenvalue weighted by Gasteiger charge is 2.27. The number of piperidine rings is 1. The molecule has 1 saturated heterocycles. The van der Waals surface area contributed by atoms with Crippen molar-refractivity contribution in [2.45, 2.75) is 38.3 Å². The number of anilines is 1. The molecule has 2 unspecified atom stereocenters. The van der Waals surface area contributed by atoms with Crippen LogP contribution in [-0.2, 0) is 0 Å². The molecule has 0 aromatic carbocycles. The van der Waals surface area contributed by atoms with Gasteiger partial charge in [0.25, 0.3) is 0 Å². The summed E-state index contributed by atoms with van der Waals surface area (Å²) in [7, 11) is 1.99. The molecular formula is C13H20N6O. The van der Waals surface area contributed by atoms with Gasteiger partial charge < -0.3 is 10.2 Å². The third-order valence-electron chi connectivity index (χ3n) is 4.17. The molecule has 1 aliphatic heterocycles. The van der Waals surface area contributed by atoms with Gasteiger partial charge in [-0.15, -0.1) is 0 Å². The van der Waals surface area contributed by atoms with Crippen molar-refractivity contribution >= 4 is 11.5 Å². The maximum atomic E-state index is 11.5. The normalized spacial score (nSPS) is 21.3. The van der Waals surface area contributed by atoms with Crippen LogP contribution in [0, 0.1) is 0 Å². The number of fused-ring (bicyclic) bond motifs is 1. The first-order valence-corrected chi connectivity index (χ1v) is 7.07. The topological polar surface area (TPSA) is 78.3 Å². The first kappa shape index (κ1) is 13.1. The van der Waals surface area contributed by atoms with E-state index in [1.165, 1.54) is 17.2 Å². The zero-order valence-corrected chi connectivity index (χ0v) is 11.8. The van der Waals surface area contributed by atoms with Crippen LogP contribution in [0.3, 0.4) is 0 Å². The summed E-state index contributed by atoms with van der Waals surface area (Å²) in [6.45, 7) is 3.19. The fourth-order valence-corrected chi connectivity index (χ4v) is 2.91. The van der Waals surface area contributed by atoms with Crippen LogP contribution in [0.2, 0.25) is 0 Å². The first-order valence-electron chi connectivity index (χ1n) is 7.07. The summed E-state index contributed by atoms with van der Waals surface area (Å²) >= 11 is 0. The third-order valence-corrected chi connectivity index (χ3v) is 4.17. The Kier molecular flexibility index (Phi) is 3.43. The lowest BCUT2D eigenvalue weighted by Crippen LogP contribution is -2.50. The van der Waals surface area contributed by atoms with Crippen molar-refractivity contribution in [3.63, 3.8) is 0 Å². The molecule has 0 aliphatic carbocycles. The number of hydrogen-bond donors (Lipinski definition) is 2. The Morgan fingerprint density at radius 2 is 2.35 bits per heavy atom. The van der Waals surface area contributed by atoms with E-state index in [-0.39, 0.29) is 5.69 Å². The van der Waals surface area contributed by atoms with Gasteiger partial charge in [0.15, 0.2) is 5.65 Å². The van der Waals surface area contributed by atoms with E-state index in [1.807, 2.05) is 13.1 Å². The van der Waals surface area contributed by atoms with Crippen molar-refractivity contribution in [3.8, 4) is 0 Å². The molecule has 20 heavy (non-hydrogen) atoms. The molecule has 2 N–H and O–H groups in total. The lowest BCUT2D eigenvalue weighted by Gasteiger charge is -2.40. The van der Waals surface area contributed by atoms with Crippen LogP contribution in [0.25, 0.3) is 5.65 Å². The molecule has 1 aliphatic rings. The summed E-state index contributed by atoms with van der Waals surface area (Å²) in [6.07, 6.45) is 5.12. The maximum Gasteiger partial charge on any atom is 0.348 e. The fourth-order valence-electron chi connectivity index (χ4n) is 2.91. The fraction of sp³-hybridized carbons (Fsp3) is 0.615. The summed E-state index contributed by atoms with van der Waals surface area (Å²) in [5, 5.41) is 9.77. The Morgan fingerprint density at radius 1 is 1.50 bits per heavy atom. The van der Waals surface area contributed by atoms with E-state index in [0.29, 0.717) is 17.7 Å². The number of aromatic amines is 1. The van der Waals surface area contributed by atoms with E-state index in [2.05, 4.69) is 32.3 Å². The number of likely N-dealkylation sites (N-methyl/N-ethyl adjacent to an activating group) is 1. The molecular weight excluding hydrogens is 256 g/mol. The predicted molar refractivity (Wildman–Crippen MR) is 77.1 cm³/mol. The Balaban J connectivity index is 1.96. The first-order chi connectivity index (χ1) is 9.70. The van der Waals surface area contributed by atoms with Crippen LogP contribution >= 0.6 is 0 Å². The van der Waals surface area contributed by atoms with Gasteiger partial charge in [-0.2, -0.15) is 5.10 Å². The van der Waals surface area contributed by atoms with E-state index in [1.54, 1.807) is 6.33 Å². The van der Waals surface area contributed by atoms with E-state index in [0.717, 1.165) is 18.8 Å². The van der Waals surface area contributed by atoms with Gasteiger partial charge in [0.2, 0.25) is 0 Å². The lowest BCUT2D eigenvalue weighted by molar-refractivity contribution is 0.380. The molecule has 7 heteroatoms. The highest BCUT2D eigenvalue weighted by molar-refractivity contribution is 5.51. The quantitative estimate of drug-likeness (QED) is 0.847. The summed E-state index contributed by atoms with van der Waals surface area (Å²) in [4.78, 5) is 18.2. The summed E-state index contributed by atoms with van der Waals surface area (Å²) in [6, 6.07) is 2.70. The van der Waals surface area contributed by atoms with Gasteiger partial charge in [0, 0.05) is 24.7 Å². The monoisotopic (exact) mass is 276 g/mol. The Hall–Kier alpha value is -1.89. The van der Waals surface area contributed by atoms with E-state index < -0.39 is 0 Å². The second-order valence-corrected chi connectivity index (χ2v) is 5.34. The van der Waals surface area contributed by atoms with Crippen molar-refractivity contribution in [1.82, 2.24) is 24.9 Å². The molecule has 0 amide bonds. The Bertz CT molecular complexity index is 648. The molecule has 3 rings (SSSR count). The minimum Gasteiger partial charge on any atom is -0.352 e. The summed E-state index contributed by atoms with van der Waals surface area (Å²) in [5.41, 5.74) is 0.360. The molecule has 0 bridgehead atoms. The predicted octanol–water partition coefficient (Wildman–Crippen LogP) is 0.384. The standard InChI is InChI=1S/C13H20N6O/c1-9(14-2)10-5-3-4-6-18(10)11-7-12-16-17-13(20)19(12)8-15-11/h7-10,14H,3-6H2,1-2H3,(H,17,20). The second kappa shape index (κ2) is 5.24. The molecule has 1 fully saturated rings. The minimum atomic E-state index is -0.252. The Morgan fingerprint density at radius 3 is 3.15 bits per heavy atom. The van der Waals surface area contributed by atoms with E-state index in [4.69, 9.17) is 0 Å². The molecule has 0 radical (unpaired) electrons. The van der Waals surface area contributed by atoms with Crippen molar-refractivity contribution < 1.29 is 0 Å². The van der Waals surface area contributed by atoms with E-state index >= 15 is 0 Å². The van der Waals surface area contributed by atoms with Gasteiger partial charge in [-0.3, -0.25) is 0 Å². The van der Waals surface area contributed by atoms with Crippen molar-refractivity contribution in [2.75, 3.05) is 18.5 Å². The number of hydrogen-bond acceptors (Lipinski definition) is 5. The van der Waals surface area contributed by atoms with Gasteiger partial charge >= 0.3 is 5.69 Å².